The fourth-order valence-electron chi connectivity index (χ4n) is 7.12. The third-order valence-electron chi connectivity index (χ3n) is 9.19. The van der Waals surface area contributed by atoms with Crippen molar-refractivity contribution in [1.82, 2.24) is 0 Å². The van der Waals surface area contributed by atoms with Crippen LogP contribution in [0.2, 0.25) is 0 Å². The fourth-order valence-corrected chi connectivity index (χ4v) is 7.12. The van der Waals surface area contributed by atoms with Crippen LogP contribution in [0, 0.1) is 0 Å². The first-order valence-corrected chi connectivity index (χ1v) is 15.5. The van der Waals surface area contributed by atoms with E-state index in [0.29, 0.717) is 0 Å². The van der Waals surface area contributed by atoms with Crippen LogP contribution in [0.25, 0.3) is 65.0 Å². The summed E-state index contributed by atoms with van der Waals surface area (Å²) in [4.78, 5) is 2.42. The van der Waals surface area contributed by atoms with E-state index in [2.05, 4.69) is 181 Å². The SMILES string of the molecule is c1ccc(N(c2ccc(-c3cccc4ccccc34)cc2)c2cc3ccccc3c3c2ccc2ccc4ccccc4c23)cc1. The van der Waals surface area contributed by atoms with Gasteiger partial charge >= 0.3 is 0 Å². The van der Waals surface area contributed by atoms with E-state index in [0.717, 1.165) is 11.4 Å². The number of anilines is 3. The molecule has 210 valence electrons. The normalized spacial score (nSPS) is 11.6. The van der Waals surface area contributed by atoms with Gasteiger partial charge in [-0.2, -0.15) is 0 Å². The Kier molecular flexibility index (Phi) is 5.89. The molecule has 9 aromatic carbocycles. The van der Waals surface area contributed by atoms with E-state index in [1.54, 1.807) is 0 Å². The third-order valence-corrected chi connectivity index (χ3v) is 9.19. The summed E-state index contributed by atoms with van der Waals surface area (Å²) in [6.45, 7) is 0. The van der Waals surface area contributed by atoms with Crippen LogP contribution in [-0.4, -0.2) is 0 Å². The van der Waals surface area contributed by atoms with Crippen LogP contribution < -0.4 is 4.90 Å². The molecule has 9 aromatic rings. The Hall–Kier alpha value is -5.92. The van der Waals surface area contributed by atoms with Crippen LogP contribution >= 0.6 is 0 Å². The smallest absolute Gasteiger partial charge is 0.0546 e. The Labute approximate surface area is 262 Å². The molecule has 0 aliphatic rings. The number of hydrogen-bond donors (Lipinski definition) is 0. The van der Waals surface area contributed by atoms with E-state index in [-0.39, 0.29) is 0 Å². The maximum Gasteiger partial charge on any atom is 0.0546 e. The highest BCUT2D eigenvalue weighted by molar-refractivity contribution is 6.30. The van der Waals surface area contributed by atoms with Crippen LogP contribution in [-0.2, 0) is 0 Å². The van der Waals surface area contributed by atoms with Crippen molar-refractivity contribution in [3.8, 4) is 11.1 Å². The van der Waals surface area contributed by atoms with E-state index in [9.17, 15) is 0 Å². The van der Waals surface area contributed by atoms with Crippen LogP contribution in [0.4, 0.5) is 17.1 Å². The van der Waals surface area contributed by atoms with Gasteiger partial charge in [0.15, 0.2) is 0 Å². The van der Waals surface area contributed by atoms with Gasteiger partial charge in [-0.1, -0.05) is 146 Å². The number of nitrogens with zero attached hydrogens (tertiary/aromatic N) is 1. The third kappa shape index (κ3) is 4.17. The molecule has 0 radical (unpaired) electrons. The lowest BCUT2D eigenvalue weighted by Crippen LogP contribution is -2.10. The van der Waals surface area contributed by atoms with Crippen molar-refractivity contribution in [2.24, 2.45) is 0 Å². The van der Waals surface area contributed by atoms with E-state index < -0.39 is 0 Å². The number of para-hydroxylation sites is 1. The van der Waals surface area contributed by atoms with Crippen molar-refractivity contribution < 1.29 is 0 Å². The van der Waals surface area contributed by atoms with Crippen LogP contribution in [0.5, 0.6) is 0 Å². The van der Waals surface area contributed by atoms with E-state index in [4.69, 9.17) is 0 Å². The molecule has 0 spiro atoms. The number of rotatable bonds is 4. The summed E-state index contributed by atoms with van der Waals surface area (Å²) >= 11 is 0. The zero-order valence-electron chi connectivity index (χ0n) is 24.7. The number of benzene rings is 9. The summed E-state index contributed by atoms with van der Waals surface area (Å²) in [5.41, 5.74) is 5.89. The molecule has 1 nitrogen and oxygen atoms in total. The second-order valence-electron chi connectivity index (χ2n) is 11.7. The predicted molar refractivity (Wildman–Crippen MR) is 194 cm³/mol. The molecular formula is C44H29N. The maximum atomic E-state index is 2.42. The Morgan fingerprint density at radius 2 is 0.867 bits per heavy atom. The molecule has 0 saturated heterocycles. The molecule has 0 fully saturated rings. The molecule has 0 aliphatic carbocycles. The van der Waals surface area contributed by atoms with E-state index in [1.165, 1.54) is 70.7 Å². The topological polar surface area (TPSA) is 3.24 Å². The second kappa shape index (κ2) is 10.4. The number of hydrogen-bond acceptors (Lipinski definition) is 1. The van der Waals surface area contributed by atoms with Gasteiger partial charge in [0.05, 0.1) is 5.69 Å². The van der Waals surface area contributed by atoms with Crippen molar-refractivity contribution in [3.63, 3.8) is 0 Å². The molecule has 9 rings (SSSR count). The van der Waals surface area contributed by atoms with Gasteiger partial charge in [0.1, 0.15) is 0 Å². The van der Waals surface area contributed by atoms with E-state index in [1.807, 2.05) is 0 Å². The lowest BCUT2D eigenvalue weighted by molar-refractivity contribution is 1.30. The average Bonchev–Trinajstić information content (AvgIpc) is 3.12. The quantitative estimate of drug-likeness (QED) is 0.190. The van der Waals surface area contributed by atoms with Crippen LogP contribution in [0.15, 0.2) is 176 Å². The monoisotopic (exact) mass is 571 g/mol. The van der Waals surface area contributed by atoms with Crippen molar-refractivity contribution in [1.29, 1.82) is 0 Å². The summed E-state index contributed by atoms with van der Waals surface area (Å²) in [7, 11) is 0. The van der Waals surface area contributed by atoms with Gasteiger partial charge in [-0.15, -0.1) is 0 Å². The van der Waals surface area contributed by atoms with E-state index >= 15 is 0 Å². The Balaban J connectivity index is 1.32. The molecule has 0 N–H and O–H groups in total. The summed E-state index contributed by atoms with van der Waals surface area (Å²) in [6, 6.07) is 64.0. The molecule has 0 aromatic heterocycles. The first kappa shape index (κ1) is 25.6. The van der Waals surface area contributed by atoms with Gasteiger partial charge in [0.2, 0.25) is 0 Å². The van der Waals surface area contributed by atoms with Crippen molar-refractivity contribution in [2.45, 2.75) is 0 Å². The van der Waals surface area contributed by atoms with Crippen molar-refractivity contribution >= 4 is 70.9 Å². The molecule has 0 aliphatic heterocycles. The molecular weight excluding hydrogens is 542 g/mol. The zero-order chi connectivity index (χ0) is 29.7. The molecule has 0 atom stereocenters. The Morgan fingerprint density at radius 3 is 1.64 bits per heavy atom. The van der Waals surface area contributed by atoms with Gasteiger partial charge < -0.3 is 4.90 Å². The standard InChI is InChI=1S/C44H29N/c1-2-15-35(16-3-1)45(36-26-23-32(24-27-36)38-20-10-14-30-11-4-7-17-37(30)38)42-29-34-13-6-9-19-40(34)44-41(42)28-25-33-22-21-31-12-5-8-18-39(31)43(33)44/h1-29H. The van der Waals surface area contributed by atoms with Gasteiger partial charge in [0, 0.05) is 22.1 Å². The minimum atomic E-state index is 1.12. The highest BCUT2D eigenvalue weighted by atomic mass is 15.1. The average molecular weight is 572 g/mol. The van der Waals surface area contributed by atoms with Crippen molar-refractivity contribution in [3.05, 3.63) is 176 Å². The lowest BCUT2D eigenvalue weighted by atomic mass is 9.91. The van der Waals surface area contributed by atoms with Gasteiger partial charge in [-0.3, -0.25) is 0 Å². The minimum Gasteiger partial charge on any atom is -0.310 e. The lowest BCUT2D eigenvalue weighted by Gasteiger charge is -2.28. The minimum absolute atomic E-state index is 1.12. The van der Waals surface area contributed by atoms with Crippen LogP contribution in [0.3, 0.4) is 0 Å². The highest BCUT2D eigenvalue weighted by Gasteiger charge is 2.19. The fraction of sp³-hybridized carbons (Fsp3) is 0. The largest absolute Gasteiger partial charge is 0.310 e. The highest BCUT2D eigenvalue weighted by Crippen LogP contribution is 2.45. The maximum absolute atomic E-state index is 2.42. The zero-order valence-corrected chi connectivity index (χ0v) is 24.7. The first-order valence-electron chi connectivity index (χ1n) is 15.5. The van der Waals surface area contributed by atoms with Gasteiger partial charge in [0.25, 0.3) is 0 Å². The molecule has 0 bridgehead atoms. The Bertz CT molecular complexity index is 2520. The molecule has 0 heterocycles. The molecule has 45 heavy (non-hydrogen) atoms. The molecule has 0 saturated carbocycles. The summed E-state index contributed by atoms with van der Waals surface area (Å²) in [5, 5.41) is 12.7. The van der Waals surface area contributed by atoms with Gasteiger partial charge in [-0.25, -0.2) is 0 Å². The molecule has 0 amide bonds. The number of fused-ring (bicyclic) bond motifs is 8. The first-order chi connectivity index (χ1) is 22.3. The van der Waals surface area contributed by atoms with Crippen molar-refractivity contribution in [2.75, 3.05) is 4.90 Å². The summed E-state index contributed by atoms with van der Waals surface area (Å²) in [6.07, 6.45) is 0. The molecule has 0 unspecified atom stereocenters. The summed E-state index contributed by atoms with van der Waals surface area (Å²) < 4.78 is 0. The predicted octanol–water partition coefficient (Wildman–Crippen LogP) is 12.6. The summed E-state index contributed by atoms with van der Waals surface area (Å²) in [5.74, 6) is 0. The van der Waals surface area contributed by atoms with Crippen LogP contribution in [0.1, 0.15) is 0 Å². The molecule has 1 heteroatoms. The Morgan fingerprint density at radius 1 is 0.311 bits per heavy atom. The van der Waals surface area contributed by atoms with Gasteiger partial charge in [-0.05, 0) is 84.5 Å². The second-order valence-corrected chi connectivity index (χ2v) is 11.7.